The van der Waals surface area contributed by atoms with E-state index in [9.17, 15) is 19.2 Å². The molecule has 0 aliphatic carbocycles. The van der Waals surface area contributed by atoms with E-state index >= 15 is 0 Å². The summed E-state index contributed by atoms with van der Waals surface area (Å²) in [5.41, 5.74) is 14.9. The minimum Gasteiger partial charge on any atom is -0.368 e. The lowest BCUT2D eigenvalue weighted by molar-refractivity contribution is -0.182. The Morgan fingerprint density at radius 1 is 0.818 bits per heavy atom. The van der Waals surface area contributed by atoms with Gasteiger partial charge in [-0.25, -0.2) is 10.0 Å². The van der Waals surface area contributed by atoms with Crippen LogP contribution < -0.4 is 11.5 Å². The van der Waals surface area contributed by atoms with Gasteiger partial charge in [-0.3, -0.25) is 19.2 Å². The number of amides is 4. The average molecular weight is 598 g/mol. The van der Waals surface area contributed by atoms with E-state index in [0.29, 0.717) is 12.8 Å². The molecule has 1 fully saturated rings. The molecular weight excluding hydrogens is 554 g/mol. The molecule has 3 aromatic carbocycles. The van der Waals surface area contributed by atoms with E-state index in [1.54, 1.807) is 0 Å². The highest BCUT2D eigenvalue weighted by Gasteiger charge is 2.44. The van der Waals surface area contributed by atoms with E-state index in [1.807, 2.05) is 105 Å². The summed E-state index contributed by atoms with van der Waals surface area (Å²) in [4.78, 5) is 56.6. The third kappa shape index (κ3) is 8.32. The monoisotopic (exact) mass is 597 g/mol. The summed E-state index contributed by atoms with van der Waals surface area (Å²) in [6.45, 7) is 4.20. The summed E-state index contributed by atoms with van der Waals surface area (Å²) < 4.78 is 0. The molecular formula is C35H43N5O4. The summed E-state index contributed by atoms with van der Waals surface area (Å²) in [6.07, 6.45) is 1.44. The molecule has 0 aromatic heterocycles. The van der Waals surface area contributed by atoms with E-state index < -0.39 is 29.9 Å². The highest BCUT2D eigenvalue weighted by molar-refractivity contribution is 5.94. The molecule has 9 heteroatoms. The second-order valence-corrected chi connectivity index (χ2v) is 11.8. The van der Waals surface area contributed by atoms with E-state index in [1.165, 1.54) is 14.9 Å². The molecule has 1 aliphatic heterocycles. The van der Waals surface area contributed by atoms with Crippen LogP contribution in [0.4, 0.5) is 0 Å². The molecule has 9 nitrogen and oxygen atoms in total. The van der Waals surface area contributed by atoms with Crippen molar-refractivity contribution in [1.29, 1.82) is 0 Å². The predicted octanol–water partition coefficient (Wildman–Crippen LogP) is 3.11. The van der Waals surface area contributed by atoms with Gasteiger partial charge in [0, 0.05) is 25.8 Å². The van der Waals surface area contributed by atoms with Gasteiger partial charge in [-0.05, 0) is 35.4 Å². The van der Waals surface area contributed by atoms with Crippen LogP contribution in [0.15, 0.2) is 91.0 Å². The average Bonchev–Trinajstić information content (AvgIpc) is 3.02. The zero-order valence-corrected chi connectivity index (χ0v) is 25.5. The normalized spacial score (nSPS) is 16.5. The maximum absolute atomic E-state index is 14.4. The molecule has 3 aromatic rings. The third-order valence-corrected chi connectivity index (χ3v) is 7.99. The Morgan fingerprint density at radius 3 is 1.86 bits per heavy atom. The van der Waals surface area contributed by atoms with E-state index in [4.69, 9.17) is 11.5 Å². The zero-order chi connectivity index (χ0) is 31.6. The molecule has 1 heterocycles. The number of hydrogen-bond acceptors (Lipinski definition) is 5. The molecule has 232 valence electrons. The zero-order valence-electron chi connectivity index (χ0n) is 25.5. The van der Waals surface area contributed by atoms with Gasteiger partial charge in [0.2, 0.25) is 17.7 Å². The standard InChI is InChI=1S/C35H43N5O4/c1-25(2)18-19-32(41)40(30(33(37)42)23-27-14-8-4-9-15-27)39-21-20-38(31(35(39)44)24-28-16-10-5-11-17-28)34(43)29(36)22-26-12-6-3-7-13-26/h3-17,25,29-31H,18-24,36H2,1-2H3,(H2,37,42)/t29-,30?,31?/m0/s1. The van der Waals surface area contributed by atoms with Crippen molar-refractivity contribution in [2.45, 2.75) is 64.1 Å². The highest BCUT2D eigenvalue weighted by atomic mass is 16.2. The van der Waals surface area contributed by atoms with Gasteiger partial charge < -0.3 is 16.4 Å². The molecule has 4 rings (SSSR count). The number of rotatable bonds is 13. The van der Waals surface area contributed by atoms with Crippen molar-refractivity contribution in [3.05, 3.63) is 108 Å². The number of piperazine rings is 1. The molecule has 1 aliphatic rings. The summed E-state index contributed by atoms with van der Waals surface area (Å²) in [7, 11) is 0. The van der Waals surface area contributed by atoms with Gasteiger partial charge in [0.15, 0.2) is 0 Å². The maximum Gasteiger partial charge on any atom is 0.264 e. The van der Waals surface area contributed by atoms with Crippen LogP contribution in [0.5, 0.6) is 0 Å². The lowest BCUT2D eigenvalue weighted by atomic mass is 9.98. The summed E-state index contributed by atoms with van der Waals surface area (Å²) in [5, 5.41) is 2.62. The van der Waals surface area contributed by atoms with Gasteiger partial charge in [-0.2, -0.15) is 0 Å². The number of nitrogens with two attached hydrogens (primary N) is 2. The van der Waals surface area contributed by atoms with Crippen LogP contribution in [0.25, 0.3) is 0 Å². The molecule has 0 bridgehead atoms. The number of hydrogen-bond donors (Lipinski definition) is 2. The summed E-state index contributed by atoms with van der Waals surface area (Å²) in [5.74, 6) is -1.61. The predicted molar refractivity (Wildman–Crippen MR) is 170 cm³/mol. The lowest BCUT2D eigenvalue weighted by Gasteiger charge is -2.47. The van der Waals surface area contributed by atoms with Gasteiger partial charge in [-0.1, -0.05) is 105 Å². The Balaban J connectivity index is 1.67. The second kappa shape index (κ2) is 15.3. The number of carbonyl (C=O) groups excluding carboxylic acids is 4. The van der Waals surface area contributed by atoms with Crippen LogP contribution in [0.3, 0.4) is 0 Å². The second-order valence-electron chi connectivity index (χ2n) is 11.8. The molecule has 44 heavy (non-hydrogen) atoms. The number of primary amides is 1. The number of nitrogens with zero attached hydrogens (tertiary/aromatic N) is 3. The maximum atomic E-state index is 14.4. The van der Waals surface area contributed by atoms with Crippen LogP contribution in [0.2, 0.25) is 0 Å². The first-order chi connectivity index (χ1) is 21.2. The fourth-order valence-electron chi connectivity index (χ4n) is 5.60. The first-order valence-corrected chi connectivity index (χ1v) is 15.3. The smallest absolute Gasteiger partial charge is 0.264 e. The van der Waals surface area contributed by atoms with Gasteiger partial charge in [0.25, 0.3) is 5.91 Å². The van der Waals surface area contributed by atoms with Crippen LogP contribution in [0, 0.1) is 5.92 Å². The largest absolute Gasteiger partial charge is 0.368 e. The molecule has 4 amide bonds. The first kappa shape index (κ1) is 32.4. The Kier molecular flexibility index (Phi) is 11.3. The van der Waals surface area contributed by atoms with Crippen molar-refractivity contribution in [1.82, 2.24) is 14.9 Å². The lowest BCUT2D eigenvalue weighted by Crippen LogP contribution is -2.68. The van der Waals surface area contributed by atoms with Crippen molar-refractivity contribution in [3.8, 4) is 0 Å². The highest BCUT2D eigenvalue weighted by Crippen LogP contribution is 2.24. The quantitative estimate of drug-likeness (QED) is 0.313. The van der Waals surface area contributed by atoms with Crippen LogP contribution in [-0.4, -0.2) is 69.8 Å². The Morgan fingerprint density at radius 2 is 1.34 bits per heavy atom. The molecule has 0 saturated carbocycles. The minimum atomic E-state index is -1.08. The van der Waals surface area contributed by atoms with Crippen LogP contribution >= 0.6 is 0 Å². The summed E-state index contributed by atoms with van der Waals surface area (Å²) in [6, 6.07) is 25.3. The van der Waals surface area contributed by atoms with E-state index in [0.717, 1.165) is 16.7 Å². The number of carbonyl (C=O) groups is 4. The van der Waals surface area contributed by atoms with Gasteiger partial charge in [0.05, 0.1) is 12.6 Å². The summed E-state index contributed by atoms with van der Waals surface area (Å²) >= 11 is 0. The molecule has 4 N–H and O–H groups in total. The number of benzene rings is 3. The van der Waals surface area contributed by atoms with Crippen LogP contribution in [0.1, 0.15) is 43.4 Å². The topological polar surface area (TPSA) is 130 Å². The molecule has 0 spiro atoms. The van der Waals surface area contributed by atoms with Gasteiger partial charge >= 0.3 is 0 Å². The van der Waals surface area contributed by atoms with Crippen molar-refractivity contribution in [3.63, 3.8) is 0 Å². The van der Waals surface area contributed by atoms with Crippen molar-refractivity contribution in [2.24, 2.45) is 17.4 Å². The Hall–Kier alpha value is -4.50. The third-order valence-electron chi connectivity index (χ3n) is 7.99. The first-order valence-electron chi connectivity index (χ1n) is 15.3. The van der Waals surface area contributed by atoms with E-state index in [-0.39, 0.29) is 50.1 Å². The minimum absolute atomic E-state index is 0.0277. The molecule has 0 radical (unpaired) electrons. The van der Waals surface area contributed by atoms with E-state index in [2.05, 4.69) is 0 Å². The van der Waals surface area contributed by atoms with Crippen molar-refractivity contribution < 1.29 is 19.2 Å². The molecule has 1 saturated heterocycles. The fourth-order valence-corrected chi connectivity index (χ4v) is 5.60. The fraction of sp³-hybridized carbons (Fsp3) is 0.371. The van der Waals surface area contributed by atoms with Crippen molar-refractivity contribution in [2.75, 3.05) is 13.1 Å². The SMILES string of the molecule is CC(C)CCC(=O)N(C(Cc1ccccc1)C(N)=O)N1CCN(C(=O)[C@@H](N)Cc2ccccc2)C(Cc2ccccc2)C1=O. The van der Waals surface area contributed by atoms with Gasteiger partial charge in [0.1, 0.15) is 12.1 Å². The van der Waals surface area contributed by atoms with Crippen molar-refractivity contribution >= 4 is 23.6 Å². The van der Waals surface area contributed by atoms with Crippen LogP contribution in [-0.2, 0) is 38.4 Å². The number of hydrazine groups is 1. The Bertz CT molecular complexity index is 1400. The van der Waals surface area contributed by atoms with Gasteiger partial charge in [-0.15, -0.1) is 0 Å². The molecule has 3 atom stereocenters. The molecule has 2 unspecified atom stereocenters. The Labute approximate surface area is 259 Å².